The lowest BCUT2D eigenvalue weighted by Gasteiger charge is -2.18. The molecule has 2 aromatic carbocycles. The molecule has 1 saturated heterocycles. The molecule has 0 spiro atoms. The Morgan fingerprint density at radius 1 is 1.03 bits per heavy atom. The molecule has 2 aromatic rings. The van der Waals surface area contributed by atoms with Gasteiger partial charge in [-0.15, -0.1) is 0 Å². The average molecular weight is 439 g/mol. The lowest BCUT2D eigenvalue weighted by atomic mass is 10.1. The molecule has 0 unspecified atom stereocenters. The predicted octanol–water partition coefficient (Wildman–Crippen LogP) is 3.60. The number of rotatable bonds is 3. The summed E-state index contributed by atoms with van der Waals surface area (Å²) in [6, 6.07) is 12.8. The maximum absolute atomic E-state index is 13.4. The molecule has 0 radical (unpaired) electrons. The zero-order valence-electron chi connectivity index (χ0n) is 16.6. The second kappa shape index (κ2) is 7.70. The van der Waals surface area contributed by atoms with Gasteiger partial charge in [-0.1, -0.05) is 54.3 Å². The third-order valence-corrected chi connectivity index (χ3v) is 6.62. The maximum Gasteiger partial charge on any atom is 0.325 e. The summed E-state index contributed by atoms with van der Waals surface area (Å²) in [6.45, 7) is 3.67. The Balaban J connectivity index is 1.83. The van der Waals surface area contributed by atoms with Gasteiger partial charge in [-0.2, -0.15) is 0 Å². The summed E-state index contributed by atoms with van der Waals surface area (Å²) in [7, 11) is 1.27. The number of ether oxygens (including phenoxy) is 1. The van der Waals surface area contributed by atoms with Crippen LogP contribution in [0.1, 0.15) is 16.7 Å². The lowest BCUT2D eigenvalue weighted by molar-refractivity contribution is -0.139. The monoisotopic (exact) mass is 438 g/mol. The van der Waals surface area contributed by atoms with Crippen LogP contribution in [0.4, 0.5) is 11.4 Å². The van der Waals surface area contributed by atoms with E-state index in [-0.39, 0.29) is 22.9 Å². The van der Waals surface area contributed by atoms with Gasteiger partial charge in [-0.05, 0) is 37.1 Å². The number of thioether (sulfide) groups is 1. The average Bonchev–Trinajstić information content (AvgIpc) is 3.17. The molecule has 2 aliphatic heterocycles. The van der Waals surface area contributed by atoms with Gasteiger partial charge in [0, 0.05) is 5.56 Å². The number of carbonyl (C=O) groups excluding carboxylic acids is 3. The number of aryl methyl sites for hydroxylation is 1. The standard InChI is InChI=1S/C22H18N2O4S2/c1-12-7-6-10-15(13(12)2)24-21(27)19(30-22(24)29)18-14-8-4-5-9-16(14)23(20(18)26)11-17(25)28-3/h4-10H,11H2,1-3H3/b19-18-. The topological polar surface area (TPSA) is 66.9 Å². The number of hydrogen-bond acceptors (Lipinski definition) is 6. The van der Waals surface area contributed by atoms with Crippen molar-refractivity contribution in [2.24, 2.45) is 0 Å². The Kier molecular flexibility index (Phi) is 5.21. The van der Waals surface area contributed by atoms with Crippen molar-refractivity contribution in [1.29, 1.82) is 0 Å². The van der Waals surface area contributed by atoms with Crippen LogP contribution in [0.15, 0.2) is 47.4 Å². The first kappa shape index (κ1) is 20.3. The summed E-state index contributed by atoms with van der Waals surface area (Å²) in [5.74, 6) is -1.29. The molecule has 0 aromatic heterocycles. The van der Waals surface area contributed by atoms with Gasteiger partial charge in [0.05, 0.1) is 29.0 Å². The number of fused-ring (bicyclic) bond motifs is 1. The summed E-state index contributed by atoms with van der Waals surface area (Å²) in [5, 5.41) is 0. The molecule has 2 aliphatic rings. The van der Waals surface area contributed by atoms with Crippen LogP contribution >= 0.6 is 24.0 Å². The molecule has 30 heavy (non-hydrogen) atoms. The zero-order valence-corrected chi connectivity index (χ0v) is 18.2. The molecule has 0 bridgehead atoms. The summed E-state index contributed by atoms with van der Waals surface area (Å²) >= 11 is 6.61. The molecule has 6 nitrogen and oxygen atoms in total. The van der Waals surface area contributed by atoms with E-state index >= 15 is 0 Å². The quantitative estimate of drug-likeness (QED) is 0.414. The number of amides is 2. The molecular weight excluding hydrogens is 420 g/mol. The van der Waals surface area contributed by atoms with Crippen molar-refractivity contribution >= 4 is 63.0 Å². The van der Waals surface area contributed by atoms with E-state index in [0.29, 0.717) is 21.3 Å². The van der Waals surface area contributed by atoms with E-state index in [2.05, 4.69) is 0 Å². The van der Waals surface area contributed by atoms with Gasteiger partial charge in [-0.25, -0.2) is 0 Å². The van der Waals surface area contributed by atoms with E-state index in [9.17, 15) is 14.4 Å². The van der Waals surface area contributed by atoms with E-state index in [1.54, 1.807) is 24.3 Å². The highest BCUT2D eigenvalue weighted by Crippen LogP contribution is 2.46. The van der Waals surface area contributed by atoms with Gasteiger partial charge < -0.3 is 4.74 Å². The van der Waals surface area contributed by atoms with E-state index in [0.717, 1.165) is 22.9 Å². The molecule has 8 heteroatoms. The number of hydrogen-bond donors (Lipinski definition) is 0. The minimum Gasteiger partial charge on any atom is -0.468 e. The van der Waals surface area contributed by atoms with Gasteiger partial charge in [0.15, 0.2) is 4.32 Å². The first-order valence-electron chi connectivity index (χ1n) is 9.20. The normalized spacial score (nSPS) is 18.3. The van der Waals surface area contributed by atoms with Crippen LogP contribution in [0.25, 0.3) is 5.57 Å². The second-order valence-corrected chi connectivity index (χ2v) is 8.56. The Labute approximate surface area is 183 Å². The molecule has 0 aliphatic carbocycles. The summed E-state index contributed by atoms with van der Waals surface area (Å²) < 4.78 is 5.09. The van der Waals surface area contributed by atoms with Crippen LogP contribution in [-0.4, -0.2) is 35.8 Å². The number of anilines is 2. The summed E-state index contributed by atoms with van der Waals surface area (Å²) in [6.07, 6.45) is 0. The summed E-state index contributed by atoms with van der Waals surface area (Å²) in [5.41, 5.74) is 4.14. The molecule has 0 saturated carbocycles. The summed E-state index contributed by atoms with van der Waals surface area (Å²) in [4.78, 5) is 41.6. The number of thiocarbonyl (C=S) groups is 1. The van der Waals surface area contributed by atoms with Crippen LogP contribution in [0.2, 0.25) is 0 Å². The van der Waals surface area contributed by atoms with E-state index in [1.165, 1.54) is 16.9 Å². The van der Waals surface area contributed by atoms with Crippen molar-refractivity contribution in [2.45, 2.75) is 13.8 Å². The minimum atomic E-state index is -0.540. The second-order valence-electron chi connectivity index (χ2n) is 6.92. The first-order chi connectivity index (χ1) is 14.3. The van der Waals surface area contributed by atoms with Crippen LogP contribution in [0.3, 0.4) is 0 Å². The smallest absolute Gasteiger partial charge is 0.325 e. The van der Waals surface area contributed by atoms with Gasteiger partial charge in [0.1, 0.15) is 6.54 Å². The Morgan fingerprint density at radius 3 is 2.47 bits per heavy atom. The van der Waals surface area contributed by atoms with Gasteiger partial charge in [0.2, 0.25) is 0 Å². The Morgan fingerprint density at radius 2 is 1.73 bits per heavy atom. The highest BCUT2D eigenvalue weighted by atomic mass is 32.2. The van der Waals surface area contributed by atoms with Crippen LogP contribution in [0.5, 0.6) is 0 Å². The maximum atomic E-state index is 13.4. The van der Waals surface area contributed by atoms with Crippen LogP contribution in [-0.2, 0) is 19.1 Å². The molecule has 2 amide bonds. The number of nitrogens with zero attached hydrogens (tertiary/aromatic N) is 2. The fourth-order valence-electron chi connectivity index (χ4n) is 3.55. The van der Waals surface area contributed by atoms with Crippen molar-refractivity contribution in [2.75, 3.05) is 23.5 Å². The van der Waals surface area contributed by atoms with Gasteiger partial charge >= 0.3 is 5.97 Å². The Bertz CT molecular complexity index is 1160. The largest absolute Gasteiger partial charge is 0.468 e. The van der Waals surface area contributed by atoms with Crippen LogP contribution < -0.4 is 9.80 Å². The lowest BCUT2D eigenvalue weighted by Crippen LogP contribution is -2.33. The SMILES string of the molecule is COC(=O)CN1C(=O)/C(=C2\SC(=S)N(c3cccc(C)c3C)C2=O)c2ccccc21. The van der Waals surface area contributed by atoms with Crippen molar-refractivity contribution in [3.63, 3.8) is 0 Å². The fraction of sp³-hybridized carbons (Fsp3) is 0.182. The minimum absolute atomic E-state index is 0.229. The molecule has 2 heterocycles. The molecule has 152 valence electrons. The van der Waals surface area contributed by atoms with Gasteiger partial charge in [-0.3, -0.25) is 24.2 Å². The number of esters is 1. The number of para-hydroxylation sites is 1. The highest BCUT2D eigenvalue weighted by Gasteiger charge is 2.43. The van der Waals surface area contributed by atoms with Crippen molar-refractivity contribution in [3.05, 3.63) is 64.1 Å². The van der Waals surface area contributed by atoms with E-state index in [4.69, 9.17) is 17.0 Å². The number of benzene rings is 2. The van der Waals surface area contributed by atoms with Crippen molar-refractivity contribution < 1.29 is 19.1 Å². The molecule has 0 N–H and O–H groups in total. The van der Waals surface area contributed by atoms with Gasteiger partial charge in [0.25, 0.3) is 11.8 Å². The third-order valence-electron chi connectivity index (χ3n) is 5.25. The zero-order chi connectivity index (χ0) is 21.6. The van der Waals surface area contributed by atoms with E-state index < -0.39 is 11.9 Å². The molecular formula is C22H18N2O4S2. The van der Waals surface area contributed by atoms with Crippen LogP contribution in [0, 0.1) is 13.8 Å². The third kappa shape index (κ3) is 3.12. The highest BCUT2D eigenvalue weighted by molar-refractivity contribution is 8.27. The molecule has 4 rings (SSSR count). The number of methoxy groups -OCH3 is 1. The molecule has 1 fully saturated rings. The Hall–Kier alpha value is -2.97. The predicted molar refractivity (Wildman–Crippen MR) is 121 cm³/mol. The van der Waals surface area contributed by atoms with Crippen molar-refractivity contribution in [3.8, 4) is 0 Å². The van der Waals surface area contributed by atoms with Crippen molar-refractivity contribution in [1.82, 2.24) is 0 Å². The van der Waals surface area contributed by atoms with E-state index in [1.807, 2.05) is 32.0 Å². The molecule has 0 atom stereocenters. The fourth-order valence-corrected chi connectivity index (χ4v) is 4.91. The first-order valence-corrected chi connectivity index (χ1v) is 10.4. The number of carbonyl (C=O) groups is 3.